The molecule has 1 aliphatic rings. The Kier molecular flexibility index (Phi) is 6.16. The predicted octanol–water partition coefficient (Wildman–Crippen LogP) is 3.77. The van der Waals surface area contributed by atoms with E-state index in [-0.39, 0.29) is 23.4 Å². The smallest absolute Gasteiger partial charge is 0.227 e. The molecule has 0 saturated carbocycles. The molecule has 2 aromatic carbocycles. The number of likely N-dealkylation sites (tertiary alicyclic amines) is 1. The Morgan fingerprint density at radius 1 is 1.00 bits per heavy atom. The number of nitrogens with zero attached hydrogens (tertiary/aromatic N) is 1. The van der Waals surface area contributed by atoms with Gasteiger partial charge >= 0.3 is 0 Å². The van der Waals surface area contributed by atoms with E-state index in [0.29, 0.717) is 38.8 Å². The van der Waals surface area contributed by atoms with Gasteiger partial charge in [0.15, 0.2) is 11.6 Å². The van der Waals surface area contributed by atoms with E-state index in [2.05, 4.69) is 5.32 Å². The van der Waals surface area contributed by atoms with Crippen LogP contribution in [0.1, 0.15) is 24.8 Å². The summed E-state index contributed by atoms with van der Waals surface area (Å²) < 4.78 is 26.2. The third kappa shape index (κ3) is 5.12. The van der Waals surface area contributed by atoms with Crippen LogP contribution in [-0.2, 0) is 16.0 Å². The summed E-state index contributed by atoms with van der Waals surface area (Å²) in [6.45, 7) is 1.06. The fourth-order valence-electron chi connectivity index (χ4n) is 3.26. The number of carbonyl (C=O) groups excluding carboxylic acids is 2. The predicted molar refractivity (Wildman–Crippen MR) is 99.1 cm³/mol. The molecule has 6 heteroatoms. The van der Waals surface area contributed by atoms with Crippen LogP contribution in [0.2, 0.25) is 0 Å². The van der Waals surface area contributed by atoms with Crippen molar-refractivity contribution in [1.29, 1.82) is 0 Å². The van der Waals surface area contributed by atoms with E-state index in [1.165, 1.54) is 6.07 Å². The molecule has 0 unspecified atom stereocenters. The average molecular weight is 372 g/mol. The molecule has 0 aliphatic carbocycles. The minimum Gasteiger partial charge on any atom is -0.343 e. The van der Waals surface area contributed by atoms with Crippen molar-refractivity contribution in [2.75, 3.05) is 18.4 Å². The molecule has 4 nitrogen and oxygen atoms in total. The minimum absolute atomic E-state index is 0.0957. The van der Waals surface area contributed by atoms with E-state index in [1.807, 2.05) is 30.3 Å². The van der Waals surface area contributed by atoms with Gasteiger partial charge in [-0.05, 0) is 37.0 Å². The van der Waals surface area contributed by atoms with Crippen molar-refractivity contribution in [3.63, 3.8) is 0 Å². The van der Waals surface area contributed by atoms with Gasteiger partial charge in [0.1, 0.15) is 0 Å². The van der Waals surface area contributed by atoms with Gasteiger partial charge in [-0.25, -0.2) is 8.78 Å². The first-order valence-electron chi connectivity index (χ1n) is 9.10. The van der Waals surface area contributed by atoms with Crippen LogP contribution in [0.3, 0.4) is 0 Å². The number of nitrogens with one attached hydrogen (secondary N) is 1. The van der Waals surface area contributed by atoms with Gasteiger partial charge in [0.25, 0.3) is 0 Å². The number of hydrogen-bond acceptors (Lipinski definition) is 2. The Morgan fingerprint density at radius 2 is 1.70 bits per heavy atom. The van der Waals surface area contributed by atoms with Crippen LogP contribution in [0, 0.1) is 17.6 Å². The zero-order chi connectivity index (χ0) is 19.2. The normalized spacial score (nSPS) is 14.8. The highest BCUT2D eigenvalue weighted by Gasteiger charge is 2.27. The Morgan fingerprint density at radius 3 is 2.37 bits per heavy atom. The molecule has 0 spiro atoms. The monoisotopic (exact) mass is 372 g/mol. The minimum atomic E-state index is -0.994. The van der Waals surface area contributed by atoms with Crippen molar-refractivity contribution in [1.82, 2.24) is 4.90 Å². The lowest BCUT2D eigenvalue weighted by Gasteiger charge is -2.31. The zero-order valence-corrected chi connectivity index (χ0v) is 15.0. The second-order valence-corrected chi connectivity index (χ2v) is 6.76. The molecule has 142 valence electrons. The number of carbonyl (C=O) groups is 2. The van der Waals surface area contributed by atoms with Gasteiger partial charge in [-0.2, -0.15) is 0 Å². The van der Waals surface area contributed by atoms with Gasteiger partial charge < -0.3 is 10.2 Å². The number of hydrogen-bond donors (Lipinski definition) is 1. The fraction of sp³-hybridized carbons (Fsp3) is 0.333. The molecule has 1 N–H and O–H groups in total. The molecule has 3 rings (SSSR count). The van der Waals surface area contributed by atoms with E-state index in [0.717, 1.165) is 17.7 Å². The van der Waals surface area contributed by atoms with Crippen molar-refractivity contribution < 1.29 is 18.4 Å². The molecular formula is C21H22F2N2O2. The fourth-order valence-corrected chi connectivity index (χ4v) is 3.26. The maximum absolute atomic E-state index is 13.2. The summed E-state index contributed by atoms with van der Waals surface area (Å²) in [5.74, 6) is -2.31. The summed E-state index contributed by atoms with van der Waals surface area (Å²) in [6, 6.07) is 13.1. The van der Waals surface area contributed by atoms with Gasteiger partial charge in [-0.3, -0.25) is 9.59 Å². The highest BCUT2D eigenvalue weighted by molar-refractivity contribution is 5.92. The Bertz CT molecular complexity index is 803. The Labute approximate surface area is 157 Å². The van der Waals surface area contributed by atoms with Crippen LogP contribution in [0.15, 0.2) is 48.5 Å². The van der Waals surface area contributed by atoms with Crippen LogP contribution >= 0.6 is 0 Å². The highest BCUT2D eigenvalue weighted by atomic mass is 19.2. The zero-order valence-electron chi connectivity index (χ0n) is 15.0. The molecule has 2 amide bonds. The molecule has 27 heavy (non-hydrogen) atoms. The summed E-state index contributed by atoms with van der Waals surface area (Å²) >= 11 is 0. The molecule has 0 aromatic heterocycles. The van der Waals surface area contributed by atoms with Crippen LogP contribution in [0.25, 0.3) is 0 Å². The molecule has 1 fully saturated rings. The number of anilines is 1. The molecular weight excluding hydrogens is 350 g/mol. The summed E-state index contributed by atoms with van der Waals surface area (Å²) in [5, 5.41) is 2.62. The maximum Gasteiger partial charge on any atom is 0.227 e. The van der Waals surface area contributed by atoms with Gasteiger partial charge in [-0.15, -0.1) is 0 Å². The molecule has 1 aliphatic heterocycles. The quantitative estimate of drug-likeness (QED) is 0.869. The summed E-state index contributed by atoms with van der Waals surface area (Å²) in [4.78, 5) is 26.5. The van der Waals surface area contributed by atoms with Crippen LogP contribution < -0.4 is 5.32 Å². The van der Waals surface area contributed by atoms with Crippen LogP contribution in [0.4, 0.5) is 14.5 Å². The Balaban J connectivity index is 1.45. The molecule has 0 atom stereocenters. The van der Waals surface area contributed by atoms with Gasteiger partial charge in [0, 0.05) is 37.2 Å². The van der Waals surface area contributed by atoms with E-state index in [9.17, 15) is 18.4 Å². The molecule has 1 heterocycles. The number of piperidine rings is 1. The topological polar surface area (TPSA) is 49.4 Å². The molecule has 0 bridgehead atoms. The lowest BCUT2D eigenvalue weighted by Crippen LogP contribution is -2.41. The lowest BCUT2D eigenvalue weighted by atomic mass is 9.95. The number of rotatable bonds is 5. The number of amides is 2. The standard InChI is InChI=1S/C21H22F2N2O2/c22-18-8-7-17(14-19(18)23)24-21(27)16-10-12-25(13-11-16)20(26)9-6-15-4-2-1-3-5-15/h1-5,7-8,14,16H,6,9-13H2,(H,24,27). The molecule has 0 radical (unpaired) electrons. The van der Waals surface area contributed by atoms with Gasteiger partial charge in [0.2, 0.25) is 11.8 Å². The molecule has 1 saturated heterocycles. The number of aryl methyl sites for hydroxylation is 1. The SMILES string of the molecule is O=C(Nc1ccc(F)c(F)c1)C1CCN(C(=O)CCc2ccccc2)CC1. The first-order valence-corrected chi connectivity index (χ1v) is 9.10. The van der Waals surface area contributed by atoms with Crippen molar-refractivity contribution in [2.45, 2.75) is 25.7 Å². The van der Waals surface area contributed by atoms with Gasteiger partial charge in [0.05, 0.1) is 0 Å². The van der Waals surface area contributed by atoms with E-state index in [1.54, 1.807) is 4.90 Å². The van der Waals surface area contributed by atoms with Crippen molar-refractivity contribution in [3.05, 3.63) is 65.7 Å². The van der Waals surface area contributed by atoms with Crippen LogP contribution in [-0.4, -0.2) is 29.8 Å². The number of halogens is 2. The van der Waals surface area contributed by atoms with Crippen molar-refractivity contribution in [3.8, 4) is 0 Å². The third-order valence-electron chi connectivity index (χ3n) is 4.88. The maximum atomic E-state index is 13.2. The van der Waals surface area contributed by atoms with E-state index >= 15 is 0 Å². The highest BCUT2D eigenvalue weighted by Crippen LogP contribution is 2.21. The summed E-state index contributed by atoms with van der Waals surface area (Å²) in [5.41, 5.74) is 1.37. The van der Waals surface area contributed by atoms with Crippen LogP contribution in [0.5, 0.6) is 0 Å². The van der Waals surface area contributed by atoms with E-state index < -0.39 is 11.6 Å². The van der Waals surface area contributed by atoms with Gasteiger partial charge in [-0.1, -0.05) is 30.3 Å². The summed E-state index contributed by atoms with van der Waals surface area (Å²) in [7, 11) is 0. The number of benzene rings is 2. The average Bonchev–Trinajstić information content (AvgIpc) is 2.70. The largest absolute Gasteiger partial charge is 0.343 e. The first kappa shape index (κ1) is 19.0. The second-order valence-electron chi connectivity index (χ2n) is 6.76. The molecule has 2 aromatic rings. The van der Waals surface area contributed by atoms with E-state index in [4.69, 9.17) is 0 Å². The first-order chi connectivity index (χ1) is 13.0. The Hall–Kier alpha value is -2.76. The van der Waals surface area contributed by atoms with Crippen molar-refractivity contribution >= 4 is 17.5 Å². The second kappa shape index (κ2) is 8.75. The summed E-state index contributed by atoms with van der Waals surface area (Å²) in [6.07, 6.45) is 2.28. The lowest BCUT2D eigenvalue weighted by molar-refractivity contribution is -0.134. The van der Waals surface area contributed by atoms with Crippen molar-refractivity contribution in [2.24, 2.45) is 5.92 Å². The third-order valence-corrected chi connectivity index (χ3v) is 4.88.